The van der Waals surface area contributed by atoms with Crippen molar-refractivity contribution in [3.8, 4) is 0 Å². The quantitative estimate of drug-likeness (QED) is 0.392. The van der Waals surface area contributed by atoms with E-state index in [4.69, 9.17) is 4.74 Å². The summed E-state index contributed by atoms with van der Waals surface area (Å²) in [6.45, 7) is 13.4. The maximum Gasteiger partial charge on any atom is 0.408 e. The zero-order valence-corrected chi connectivity index (χ0v) is 24.1. The molecule has 1 aromatic carbocycles. The lowest BCUT2D eigenvalue weighted by molar-refractivity contribution is -0.143. The van der Waals surface area contributed by atoms with Gasteiger partial charge in [0.2, 0.25) is 11.8 Å². The van der Waals surface area contributed by atoms with Gasteiger partial charge in [-0.15, -0.1) is 0 Å². The molecule has 1 aliphatic carbocycles. The number of alkyl carbamates (subject to hydrolysis) is 1. The van der Waals surface area contributed by atoms with Crippen molar-refractivity contribution in [2.45, 2.75) is 110 Å². The van der Waals surface area contributed by atoms with Crippen LogP contribution in [0.1, 0.15) is 89.5 Å². The van der Waals surface area contributed by atoms with Crippen LogP contribution in [-0.2, 0) is 14.3 Å². The van der Waals surface area contributed by atoms with Gasteiger partial charge in [0.1, 0.15) is 17.7 Å². The topological polar surface area (TPSA) is 87.7 Å². The lowest BCUT2D eigenvalue weighted by atomic mass is 9.95. The Kier molecular flexibility index (Phi) is 11.1. The van der Waals surface area contributed by atoms with Crippen LogP contribution >= 0.6 is 11.8 Å². The van der Waals surface area contributed by atoms with E-state index < -0.39 is 23.8 Å². The molecule has 0 saturated heterocycles. The van der Waals surface area contributed by atoms with Gasteiger partial charge in [0.05, 0.1) is 0 Å². The molecular weight excluding hydrogens is 474 g/mol. The van der Waals surface area contributed by atoms with Crippen LogP contribution < -0.4 is 10.6 Å². The fourth-order valence-corrected chi connectivity index (χ4v) is 4.76. The van der Waals surface area contributed by atoms with E-state index in [0.29, 0.717) is 12.2 Å². The molecule has 1 saturated carbocycles. The molecule has 0 aliphatic heterocycles. The number of ether oxygens (including phenoxy) is 1. The molecule has 1 aromatic rings. The van der Waals surface area contributed by atoms with Gasteiger partial charge in [-0.25, -0.2) is 4.79 Å². The average molecular weight is 520 g/mol. The fraction of sp³-hybridized carbons (Fsp3) is 0.679. The standard InChI is InChI=1S/C28H45N3O4S/c1-9-10-20(4)29-25(32)24(22-17-18(2)11-12-19(22)3)31(21-13-14-21)26(33)23(15-16-36-8)30-27(34)35-28(5,6)7/h11-12,17,20-21,23-24H,9-10,13-16H2,1-8H3,(H,29,32)(H,30,34). The number of nitrogens with zero attached hydrogens (tertiary/aromatic N) is 1. The lowest BCUT2D eigenvalue weighted by Gasteiger charge is -2.36. The predicted molar refractivity (Wildman–Crippen MR) is 147 cm³/mol. The minimum atomic E-state index is -0.776. The number of amides is 3. The van der Waals surface area contributed by atoms with Crippen molar-refractivity contribution in [2.24, 2.45) is 0 Å². The molecule has 3 amide bonds. The van der Waals surface area contributed by atoms with Crippen LogP contribution in [0.3, 0.4) is 0 Å². The summed E-state index contributed by atoms with van der Waals surface area (Å²) in [5.41, 5.74) is 2.15. The number of aryl methyl sites for hydroxylation is 2. The molecule has 0 heterocycles. The summed E-state index contributed by atoms with van der Waals surface area (Å²) < 4.78 is 5.45. The highest BCUT2D eigenvalue weighted by Crippen LogP contribution is 2.37. The smallest absolute Gasteiger partial charge is 0.408 e. The SMILES string of the molecule is CCCC(C)NC(=O)C(c1cc(C)ccc1C)N(C(=O)C(CCSC)NC(=O)OC(C)(C)C)C1CC1. The zero-order chi connectivity index (χ0) is 27.0. The van der Waals surface area contributed by atoms with E-state index >= 15 is 0 Å². The van der Waals surface area contributed by atoms with Crippen molar-refractivity contribution < 1.29 is 19.1 Å². The number of hydrogen-bond acceptors (Lipinski definition) is 5. The Labute approximate surface area is 221 Å². The van der Waals surface area contributed by atoms with Gasteiger partial charge in [-0.1, -0.05) is 37.1 Å². The second-order valence-corrected chi connectivity index (χ2v) is 11.9. The molecule has 3 unspecified atom stereocenters. The molecule has 3 atom stereocenters. The molecule has 2 rings (SSSR count). The number of nitrogens with one attached hydrogen (secondary N) is 2. The number of thioether (sulfide) groups is 1. The molecule has 1 fully saturated rings. The molecule has 1 aliphatic rings. The van der Waals surface area contributed by atoms with E-state index in [1.807, 2.05) is 45.2 Å². The normalized spacial score (nSPS) is 16.0. The molecule has 7 nitrogen and oxygen atoms in total. The van der Waals surface area contributed by atoms with Crippen LogP contribution in [0, 0.1) is 13.8 Å². The van der Waals surface area contributed by atoms with Gasteiger partial charge in [0.25, 0.3) is 0 Å². The van der Waals surface area contributed by atoms with Crippen molar-refractivity contribution in [2.75, 3.05) is 12.0 Å². The van der Waals surface area contributed by atoms with Gasteiger partial charge in [0, 0.05) is 12.1 Å². The number of carbonyl (C=O) groups is 3. The first-order valence-electron chi connectivity index (χ1n) is 13.1. The number of benzene rings is 1. The van der Waals surface area contributed by atoms with Crippen molar-refractivity contribution in [1.82, 2.24) is 15.5 Å². The third kappa shape index (κ3) is 9.02. The molecule has 2 N–H and O–H groups in total. The Hall–Kier alpha value is -2.22. The van der Waals surface area contributed by atoms with Crippen LogP contribution in [0.25, 0.3) is 0 Å². The number of hydrogen-bond donors (Lipinski definition) is 2. The van der Waals surface area contributed by atoms with E-state index in [1.165, 1.54) is 0 Å². The molecule has 0 radical (unpaired) electrons. The first kappa shape index (κ1) is 30.0. The maximum atomic E-state index is 14.1. The average Bonchev–Trinajstić information content (AvgIpc) is 3.60. The second kappa shape index (κ2) is 13.4. The van der Waals surface area contributed by atoms with Crippen molar-refractivity contribution in [3.63, 3.8) is 0 Å². The van der Waals surface area contributed by atoms with Crippen molar-refractivity contribution in [3.05, 3.63) is 34.9 Å². The largest absolute Gasteiger partial charge is 0.444 e. The molecule has 0 bridgehead atoms. The fourth-order valence-electron chi connectivity index (χ4n) is 4.29. The molecule has 0 spiro atoms. The Balaban J connectivity index is 2.47. The Morgan fingerprint density at radius 3 is 2.36 bits per heavy atom. The lowest BCUT2D eigenvalue weighted by Crippen LogP contribution is -2.54. The number of rotatable bonds is 12. The Morgan fingerprint density at radius 1 is 1.14 bits per heavy atom. The maximum absolute atomic E-state index is 14.1. The zero-order valence-electron chi connectivity index (χ0n) is 23.3. The Morgan fingerprint density at radius 2 is 1.81 bits per heavy atom. The highest BCUT2D eigenvalue weighted by atomic mass is 32.2. The van der Waals surface area contributed by atoms with Crippen molar-refractivity contribution >= 4 is 29.7 Å². The van der Waals surface area contributed by atoms with Crippen LogP contribution in [-0.4, -0.2) is 58.5 Å². The van der Waals surface area contributed by atoms with E-state index in [2.05, 4.69) is 17.6 Å². The van der Waals surface area contributed by atoms with Crippen LogP contribution in [0.15, 0.2) is 18.2 Å². The summed E-state index contributed by atoms with van der Waals surface area (Å²) in [5.74, 6) is 0.283. The molecular formula is C28H45N3O4S. The van der Waals surface area contributed by atoms with E-state index in [-0.39, 0.29) is 23.9 Å². The van der Waals surface area contributed by atoms with Crippen LogP contribution in [0.5, 0.6) is 0 Å². The number of carbonyl (C=O) groups excluding carboxylic acids is 3. The monoisotopic (exact) mass is 519 g/mol. The second-order valence-electron chi connectivity index (χ2n) is 10.9. The molecule has 36 heavy (non-hydrogen) atoms. The van der Waals surface area contributed by atoms with Gasteiger partial charge < -0.3 is 20.3 Å². The predicted octanol–water partition coefficient (Wildman–Crippen LogP) is 5.29. The highest BCUT2D eigenvalue weighted by Gasteiger charge is 2.44. The van der Waals surface area contributed by atoms with E-state index in [9.17, 15) is 14.4 Å². The minimum Gasteiger partial charge on any atom is -0.444 e. The summed E-state index contributed by atoms with van der Waals surface area (Å²) in [6, 6.07) is 4.45. The van der Waals surface area contributed by atoms with E-state index in [0.717, 1.165) is 42.4 Å². The van der Waals surface area contributed by atoms with Gasteiger partial charge in [-0.05, 0) is 90.4 Å². The highest BCUT2D eigenvalue weighted by molar-refractivity contribution is 7.98. The summed E-state index contributed by atoms with van der Waals surface area (Å²) in [7, 11) is 0. The molecule has 202 valence electrons. The van der Waals surface area contributed by atoms with Crippen molar-refractivity contribution in [1.29, 1.82) is 0 Å². The van der Waals surface area contributed by atoms with Crippen LogP contribution in [0.4, 0.5) is 4.79 Å². The third-order valence-corrected chi connectivity index (χ3v) is 6.80. The summed E-state index contributed by atoms with van der Waals surface area (Å²) in [5, 5.41) is 5.96. The van der Waals surface area contributed by atoms with Gasteiger partial charge in [0.15, 0.2) is 0 Å². The first-order chi connectivity index (χ1) is 16.9. The Bertz CT molecular complexity index is 911. The van der Waals surface area contributed by atoms with E-state index in [1.54, 1.807) is 37.4 Å². The van der Waals surface area contributed by atoms with Crippen LogP contribution in [0.2, 0.25) is 0 Å². The summed E-state index contributed by atoms with van der Waals surface area (Å²) in [4.78, 5) is 42.3. The minimum absolute atomic E-state index is 0.00144. The molecule has 0 aromatic heterocycles. The third-order valence-electron chi connectivity index (χ3n) is 6.16. The summed E-state index contributed by atoms with van der Waals surface area (Å²) >= 11 is 1.61. The van der Waals surface area contributed by atoms with Gasteiger partial charge in [-0.2, -0.15) is 11.8 Å². The first-order valence-corrected chi connectivity index (χ1v) is 14.5. The van der Waals surface area contributed by atoms with Gasteiger partial charge in [-0.3, -0.25) is 9.59 Å². The summed E-state index contributed by atoms with van der Waals surface area (Å²) in [6.07, 6.45) is 5.29. The van der Waals surface area contributed by atoms with Gasteiger partial charge >= 0.3 is 6.09 Å². The molecule has 8 heteroatoms.